The van der Waals surface area contributed by atoms with Gasteiger partial charge >= 0.3 is 0 Å². The third-order valence-electron chi connectivity index (χ3n) is 2.40. The van der Waals surface area contributed by atoms with Gasteiger partial charge in [-0.1, -0.05) is 6.07 Å². The number of hydrogen-bond acceptors (Lipinski definition) is 3. The minimum atomic E-state index is -0.357. The van der Waals surface area contributed by atoms with Crippen molar-refractivity contribution in [2.45, 2.75) is 6.92 Å². The molecule has 0 spiro atoms. The molecule has 1 aromatic heterocycles. The number of nitrogen functional groups attached to an aromatic ring is 1. The van der Waals surface area contributed by atoms with Crippen LogP contribution in [0.3, 0.4) is 0 Å². The summed E-state index contributed by atoms with van der Waals surface area (Å²) in [6.45, 7) is 1.97. The molecule has 2 rings (SSSR count). The minimum absolute atomic E-state index is 0.254. The predicted octanol–water partition coefficient (Wildman–Crippen LogP) is 3.45. The molecule has 0 amide bonds. The third kappa shape index (κ3) is 1.88. The second-order valence-corrected chi connectivity index (χ2v) is 4.76. The summed E-state index contributed by atoms with van der Waals surface area (Å²) >= 11 is 1.50. The molecule has 0 saturated heterocycles. The summed E-state index contributed by atoms with van der Waals surface area (Å²) in [6, 6.07) is 6.78. The van der Waals surface area contributed by atoms with Gasteiger partial charge in [0, 0.05) is 4.88 Å². The van der Waals surface area contributed by atoms with Gasteiger partial charge in [-0.3, -0.25) is 0 Å². The molecule has 0 atom stereocenters. The van der Waals surface area contributed by atoms with E-state index in [-0.39, 0.29) is 11.6 Å². The van der Waals surface area contributed by atoms with Gasteiger partial charge in [-0.2, -0.15) is 0 Å². The number of benzene rings is 1. The van der Waals surface area contributed by atoms with E-state index in [4.69, 9.17) is 10.5 Å². The highest BCUT2D eigenvalue weighted by atomic mass is 32.1. The maximum atomic E-state index is 13.5. The van der Waals surface area contributed by atoms with Crippen LogP contribution in [0.2, 0.25) is 0 Å². The highest BCUT2D eigenvalue weighted by Crippen LogP contribution is 2.34. The maximum Gasteiger partial charge on any atom is 0.165 e. The Hall–Kier alpha value is -1.55. The van der Waals surface area contributed by atoms with E-state index in [1.54, 1.807) is 6.07 Å². The van der Waals surface area contributed by atoms with Crippen LogP contribution in [-0.4, -0.2) is 7.11 Å². The van der Waals surface area contributed by atoms with Gasteiger partial charge in [0.2, 0.25) is 0 Å². The fraction of sp³-hybridized carbons (Fsp3) is 0.167. The van der Waals surface area contributed by atoms with Gasteiger partial charge in [-0.25, -0.2) is 4.39 Å². The fourth-order valence-electron chi connectivity index (χ4n) is 1.63. The van der Waals surface area contributed by atoms with Crippen LogP contribution in [0.1, 0.15) is 4.88 Å². The molecule has 2 nitrogen and oxygen atoms in total. The number of halogens is 1. The first-order valence-electron chi connectivity index (χ1n) is 4.81. The first kappa shape index (κ1) is 11.0. The van der Waals surface area contributed by atoms with Crippen LogP contribution in [0.15, 0.2) is 24.3 Å². The molecular formula is C12H12FNOS. The molecule has 0 unspecified atom stereocenters. The summed E-state index contributed by atoms with van der Waals surface area (Å²) < 4.78 is 18.4. The topological polar surface area (TPSA) is 35.2 Å². The molecule has 0 aliphatic rings. The van der Waals surface area contributed by atoms with Crippen LogP contribution in [0, 0.1) is 12.7 Å². The first-order chi connectivity index (χ1) is 7.61. The van der Waals surface area contributed by atoms with Crippen LogP contribution >= 0.6 is 11.3 Å². The Morgan fingerprint density at radius 3 is 2.56 bits per heavy atom. The second kappa shape index (κ2) is 4.14. The number of aryl methyl sites for hydroxylation is 1. The summed E-state index contributed by atoms with van der Waals surface area (Å²) in [4.78, 5) is 1.09. The van der Waals surface area contributed by atoms with E-state index in [0.29, 0.717) is 0 Å². The second-order valence-electron chi connectivity index (χ2n) is 3.47. The number of ether oxygens (including phenoxy) is 1. The van der Waals surface area contributed by atoms with Gasteiger partial charge in [0.15, 0.2) is 11.6 Å². The Labute approximate surface area is 97.5 Å². The monoisotopic (exact) mass is 237 g/mol. The van der Waals surface area contributed by atoms with E-state index in [1.165, 1.54) is 24.5 Å². The van der Waals surface area contributed by atoms with Crippen LogP contribution in [0.25, 0.3) is 11.1 Å². The average Bonchev–Trinajstić information content (AvgIpc) is 2.58. The number of methoxy groups -OCH3 is 1. The summed E-state index contributed by atoms with van der Waals surface area (Å²) in [7, 11) is 1.45. The minimum Gasteiger partial charge on any atom is -0.494 e. The summed E-state index contributed by atoms with van der Waals surface area (Å²) in [6.07, 6.45) is 0. The lowest BCUT2D eigenvalue weighted by molar-refractivity contribution is 0.386. The van der Waals surface area contributed by atoms with Crippen molar-refractivity contribution in [1.29, 1.82) is 0 Å². The van der Waals surface area contributed by atoms with E-state index >= 15 is 0 Å². The van der Waals surface area contributed by atoms with Gasteiger partial charge in [-0.15, -0.1) is 11.3 Å². The molecule has 1 heterocycles. The number of rotatable bonds is 2. The van der Waals surface area contributed by atoms with Crippen molar-refractivity contribution < 1.29 is 9.13 Å². The van der Waals surface area contributed by atoms with E-state index in [9.17, 15) is 4.39 Å². The van der Waals surface area contributed by atoms with E-state index in [2.05, 4.69) is 0 Å². The van der Waals surface area contributed by atoms with Crippen LogP contribution in [0.4, 0.5) is 9.39 Å². The number of anilines is 1. The standard InChI is InChI=1S/C12H12FNOS/c1-7-9(6-12(14)16-7)8-3-4-11(15-2)10(13)5-8/h3-6H,14H2,1-2H3. The molecule has 4 heteroatoms. The highest BCUT2D eigenvalue weighted by molar-refractivity contribution is 7.16. The number of hydrogen-bond donors (Lipinski definition) is 1. The van der Waals surface area contributed by atoms with Gasteiger partial charge in [0.1, 0.15) is 0 Å². The summed E-state index contributed by atoms with van der Waals surface area (Å²) in [5, 5.41) is 0.740. The van der Waals surface area contributed by atoms with Crippen LogP contribution in [0.5, 0.6) is 5.75 Å². The quantitative estimate of drug-likeness (QED) is 0.868. The Morgan fingerprint density at radius 1 is 1.31 bits per heavy atom. The lowest BCUT2D eigenvalue weighted by atomic mass is 10.1. The van der Waals surface area contributed by atoms with Gasteiger partial charge in [-0.05, 0) is 36.2 Å². The molecule has 0 fully saturated rings. The highest BCUT2D eigenvalue weighted by Gasteiger charge is 2.09. The SMILES string of the molecule is COc1ccc(-c2cc(N)sc2C)cc1F. The summed E-state index contributed by atoms with van der Waals surface area (Å²) in [5.74, 6) is -0.103. The molecule has 2 N–H and O–H groups in total. The zero-order valence-corrected chi connectivity index (χ0v) is 9.90. The van der Waals surface area contributed by atoms with Crippen molar-refractivity contribution in [3.8, 4) is 16.9 Å². The van der Waals surface area contributed by atoms with Gasteiger partial charge in [0.25, 0.3) is 0 Å². The normalized spacial score (nSPS) is 10.4. The number of thiophene rings is 1. The molecule has 2 aromatic rings. The largest absolute Gasteiger partial charge is 0.494 e. The fourth-order valence-corrected chi connectivity index (χ4v) is 2.44. The molecule has 1 aromatic carbocycles. The first-order valence-corrected chi connectivity index (χ1v) is 5.63. The van der Waals surface area contributed by atoms with E-state index in [1.807, 2.05) is 19.1 Å². The van der Waals surface area contributed by atoms with Gasteiger partial charge < -0.3 is 10.5 Å². The molecule has 0 aliphatic heterocycles. The molecular weight excluding hydrogens is 225 g/mol. The third-order valence-corrected chi connectivity index (χ3v) is 3.28. The van der Waals surface area contributed by atoms with Crippen molar-refractivity contribution in [2.24, 2.45) is 0 Å². The molecule has 0 radical (unpaired) electrons. The lowest BCUT2D eigenvalue weighted by Gasteiger charge is -2.04. The smallest absolute Gasteiger partial charge is 0.165 e. The molecule has 0 bridgehead atoms. The lowest BCUT2D eigenvalue weighted by Crippen LogP contribution is -1.88. The molecule has 0 saturated carbocycles. The Morgan fingerprint density at radius 2 is 2.06 bits per heavy atom. The van der Waals surface area contributed by atoms with Crippen molar-refractivity contribution in [2.75, 3.05) is 12.8 Å². The number of nitrogens with two attached hydrogens (primary N) is 1. The zero-order valence-electron chi connectivity index (χ0n) is 9.08. The van der Waals surface area contributed by atoms with Crippen molar-refractivity contribution in [3.05, 3.63) is 35.0 Å². The van der Waals surface area contributed by atoms with Crippen molar-refractivity contribution in [3.63, 3.8) is 0 Å². The maximum absolute atomic E-state index is 13.5. The Kier molecular flexibility index (Phi) is 2.83. The van der Waals surface area contributed by atoms with Crippen molar-refractivity contribution in [1.82, 2.24) is 0 Å². The van der Waals surface area contributed by atoms with Gasteiger partial charge in [0.05, 0.1) is 12.1 Å². The van der Waals surface area contributed by atoms with Crippen LogP contribution < -0.4 is 10.5 Å². The van der Waals surface area contributed by atoms with E-state index < -0.39 is 0 Å². The van der Waals surface area contributed by atoms with E-state index in [0.717, 1.165) is 21.0 Å². The predicted molar refractivity (Wildman–Crippen MR) is 65.4 cm³/mol. The Balaban J connectivity index is 2.49. The molecule has 0 aliphatic carbocycles. The molecule has 84 valence electrons. The Bertz CT molecular complexity index is 522. The average molecular weight is 237 g/mol. The zero-order chi connectivity index (χ0) is 11.7. The summed E-state index contributed by atoms with van der Waals surface area (Å²) in [5.41, 5.74) is 7.51. The molecule has 16 heavy (non-hydrogen) atoms. The van der Waals surface area contributed by atoms with Crippen molar-refractivity contribution >= 4 is 16.3 Å². The van der Waals surface area contributed by atoms with Crippen LogP contribution in [-0.2, 0) is 0 Å².